The van der Waals surface area contributed by atoms with Crippen molar-refractivity contribution in [3.63, 3.8) is 0 Å². The summed E-state index contributed by atoms with van der Waals surface area (Å²) >= 11 is 0. The first-order valence-electron chi connectivity index (χ1n) is 4.98. The summed E-state index contributed by atoms with van der Waals surface area (Å²) in [5, 5.41) is 17.6. The van der Waals surface area contributed by atoms with Gasteiger partial charge in [0.1, 0.15) is 0 Å². The molecule has 0 aromatic heterocycles. The van der Waals surface area contributed by atoms with Gasteiger partial charge < -0.3 is 5.11 Å². The van der Waals surface area contributed by atoms with Crippen molar-refractivity contribution in [2.75, 3.05) is 10.8 Å². The van der Waals surface area contributed by atoms with Crippen LogP contribution in [0.1, 0.15) is 5.56 Å². The number of benzene rings is 1. The Morgan fingerprint density at radius 2 is 2.06 bits per heavy atom. The Morgan fingerprint density at radius 1 is 1.44 bits per heavy atom. The lowest BCUT2D eigenvalue weighted by Gasteiger charge is -2.20. The Balaban J connectivity index is 2.45. The molecule has 1 aromatic rings. The van der Waals surface area contributed by atoms with Gasteiger partial charge in [-0.1, -0.05) is 0 Å². The minimum absolute atomic E-state index is 0.183. The fourth-order valence-electron chi connectivity index (χ4n) is 1.69. The number of aliphatic carboxylic acids is 1. The van der Waals surface area contributed by atoms with Gasteiger partial charge in [-0.25, -0.2) is 9.10 Å². The van der Waals surface area contributed by atoms with E-state index in [0.29, 0.717) is 5.56 Å². The van der Waals surface area contributed by atoms with E-state index in [1.165, 1.54) is 24.3 Å². The van der Waals surface area contributed by atoms with Crippen molar-refractivity contribution in [1.29, 1.82) is 5.26 Å². The molecule has 7 nitrogen and oxygen atoms in total. The van der Waals surface area contributed by atoms with E-state index in [2.05, 4.69) is 4.72 Å². The van der Waals surface area contributed by atoms with E-state index in [0.717, 1.165) is 4.31 Å². The van der Waals surface area contributed by atoms with Gasteiger partial charge in [-0.15, -0.1) is 0 Å². The molecule has 2 rings (SSSR count). The first-order valence-corrected chi connectivity index (χ1v) is 6.42. The molecule has 1 aliphatic rings. The first kappa shape index (κ1) is 12.3. The van der Waals surface area contributed by atoms with E-state index >= 15 is 0 Å². The molecular formula is C10H9N3O4S. The summed E-state index contributed by atoms with van der Waals surface area (Å²) in [4.78, 5) is 11.0. The molecule has 1 unspecified atom stereocenters. The third-order valence-electron chi connectivity index (χ3n) is 2.54. The lowest BCUT2D eigenvalue weighted by atomic mass is 10.2. The maximum absolute atomic E-state index is 11.7. The highest BCUT2D eigenvalue weighted by molar-refractivity contribution is 7.91. The fraction of sp³-hybridized carbons (Fsp3) is 0.200. The Bertz CT molecular complexity index is 618. The Hall–Kier alpha value is -2.11. The molecule has 1 atom stereocenters. The van der Waals surface area contributed by atoms with E-state index in [4.69, 9.17) is 10.4 Å². The molecule has 0 saturated carbocycles. The van der Waals surface area contributed by atoms with Crippen molar-refractivity contribution < 1.29 is 18.3 Å². The van der Waals surface area contributed by atoms with Crippen LogP contribution in [0, 0.1) is 11.3 Å². The number of anilines is 1. The SMILES string of the molecule is N#Cc1ccc(N2C(C(=O)O)CNS2(=O)=O)cc1. The Morgan fingerprint density at radius 3 is 2.56 bits per heavy atom. The van der Waals surface area contributed by atoms with Crippen molar-refractivity contribution >= 4 is 21.9 Å². The van der Waals surface area contributed by atoms with Crippen LogP contribution in [0.5, 0.6) is 0 Å². The number of carbonyl (C=O) groups is 1. The number of nitrogens with zero attached hydrogens (tertiary/aromatic N) is 2. The van der Waals surface area contributed by atoms with Gasteiger partial charge in [-0.3, -0.25) is 0 Å². The predicted octanol–water partition coefficient (Wildman–Crippen LogP) is -0.334. The molecule has 1 saturated heterocycles. The van der Waals surface area contributed by atoms with E-state index in [1.807, 2.05) is 6.07 Å². The molecule has 18 heavy (non-hydrogen) atoms. The highest BCUT2D eigenvalue weighted by Crippen LogP contribution is 2.24. The molecule has 0 amide bonds. The van der Waals surface area contributed by atoms with Gasteiger partial charge in [-0.05, 0) is 24.3 Å². The molecule has 8 heteroatoms. The van der Waals surface area contributed by atoms with Crippen molar-refractivity contribution in [2.24, 2.45) is 0 Å². The average molecular weight is 267 g/mol. The van der Waals surface area contributed by atoms with Crippen LogP contribution in [0.3, 0.4) is 0 Å². The standard InChI is InChI=1S/C10H9N3O4S/c11-5-7-1-3-8(4-2-7)13-9(10(14)15)6-12-18(13,16)17/h1-4,9,12H,6H2,(H,14,15). The summed E-state index contributed by atoms with van der Waals surface area (Å²) in [6, 6.07) is 6.39. The van der Waals surface area contributed by atoms with Crippen LogP contribution in [-0.4, -0.2) is 32.1 Å². The quantitative estimate of drug-likeness (QED) is 0.762. The average Bonchev–Trinajstić information content (AvgIpc) is 2.65. The molecule has 1 fully saturated rings. The highest BCUT2D eigenvalue weighted by atomic mass is 32.2. The van der Waals surface area contributed by atoms with E-state index in [-0.39, 0.29) is 12.2 Å². The van der Waals surface area contributed by atoms with Gasteiger partial charge in [0, 0.05) is 6.54 Å². The van der Waals surface area contributed by atoms with Crippen molar-refractivity contribution in [2.45, 2.75) is 6.04 Å². The van der Waals surface area contributed by atoms with Crippen LogP contribution in [0.4, 0.5) is 5.69 Å². The molecular weight excluding hydrogens is 258 g/mol. The summed E-state index contributed by atoms with van der Waals surface area (Å²) in [6.07, 6.45) is 0. The lowest BCUT2D eigenvalue weighted by molar-refractivity contribution is -0.137. The van der Waals surface area contributed by atoms with E-state index in [1.54, 1.807) is 0 Å². The molecule has 1 aromatic carbocycles. The number of rotatable bonds is 2. The van der Waals surface area contributed by atoms with Crippen LogP contribution in [0.2, 0.25) is 0 Å². The van der Waals surface area contributed by atoms with E-state index in [9.17, 15) is 13.2 Å². The topological polar surface area (TPSA) is 110 Å². The summed E-state index contributed by atoms with van der Waals surface area (Å²) in [7, 11) is -3.83. The van der Waals surface area contributed by atoms with Crippen LogP contribution in [0.15, 0.2) is 24.3 Å². The molecule has 1 aliphatic heterocycles. The number of carboxylic acid groups (broad SMARTS) is 1. The molecule has 0 aliphatic carbocycles. The van der Waals surface area contributed by atoms with E-state index < -0.39 is 22.2 Å². The molecule has 1 heterocycles. The number of hydrogen-bond acceptors (Lipinski definition) is 4. The minimum Gasteiger partial charge on any atom is -0.480 e. The summed E-state index contributed by atoms with van der Waals surface area (Å²) < 4.78 is 26.4. The lowest BCUT2D eigenvalue weighted by Crippen LogP contribution is -2.39. The normalized spacial score (nSPS) is 21.5. The fourth-order valence-corrected chi connectivity index (χ4v) is 3.10. The van der Waals surface area contributed by atoms with Crippen molar-refractivity contribution in [3.05, 3.63) is 29.8 Å². The Labute approximate surface area is 103 Å². The van der Waals surface area contributed by atoms with Crippen LogP contribution >= 0.6 is 0 Å². The van der Waals surface area contributed by atoms with Gasteiger partial charge in [0.25, 0.3) is 0 Å². The maximum atomic E-state index is 11.7. The maximum Gasteiger partial charge on any atom is 0.328 e. The van der Waals surface area contributed by atoms with Gasteiger partial charge in [0.2, 0.25) is 0 Å². The van der Waals surface area contributed by atoms with Gasteiger partial charge in [0.05, 0.1) is 17.3 Å². The van der Waals surface area contributed by atoms with Crippen LogP contribution < -0.4 is 9.03 Å². The first-order chi connectivity index (χ1) is 8.45. The molecule has 2 N–H and O–H groups in total. The zero-order valence-corrected chi connectivity index (χ0v) is 9.88. The van der Waals surface area contributed by atoms with Gasteiger partial charge in [-0.2, -0.15) is 18.4 Å². The summed E-state index contributed by atoms with van der Waals surface area (Å²) in [5.74, 6) is -1.23. The predicted molar refractivity (Wildman–Crippen MR) is 62.0 cm³/mol. The molecule has 0 bridgehead atoms. The smallest absolute Gasteiger partial charge is 0.328 e. The van der Waals surface area contributed by atoms with Gasteiger partial charge >= 0.3 is 16.2 Å². The number of nitriles is 1. The zero-order chi connectivity index (χ0) is 13.3. The summed E-state index contributed by atoms with van der Waals surface area (Å²) in [5.41, 5.74) is 0.585. The van der Waals surface area contributed by atoms with Gasteiger partial charge in [0.15, 0.2) is 6.04 Å². The molecule has 94 valence electrons. The molecule has 0 spiro atoms. The second-order valence-electron chi connectivity index (χ2n) is 3.66. The zero-order valence-electron chi connectivity index (χ0n) is 9.07. The Kier molecular flexibility index (Phi) is 2.94. The van der Waals surface area contributed by atoms with Crippen molar-refractivity contribution in [1.82, 2.24) is 4.72 Å². The second kappa shape index (κ2) is 4.29. The second-order valence-corrected chi connectivity index (χ2v) is 5.29. The highest BCUT2D eigenvalue weighted by Gasteiger charge is 2.41. The number of carboxylic acids is 1. The third kappa shape index (κ3) is 2.01. The number of nitrogens with one attached hydrogen (secondary N) is 1. The number of hydrogen-bond donors (Lipinski definition) is 2. The monoisotopic (exact) mass is 267 g/mol. The minimum atomic E-state index is -3.83. The third-order valence-corrected chi connectivity index (χ3v) is 4.05. The van der Waals surface area contributed by atoms with Crippen LogP contribution in [0.25, 0.3) is 0 Å². The summed E-state index contributed by atoms with van der Waals surface area (Å²) in [6.45, 7) is -0.183. The molecule has 0 radical (unpaired) electrons. The van der Waals surface area contributed by atoms with Crippen molar-refractivity contribution in [3.8, 4) is 6.07 Å². The van der Waals surface area contributed by atoms with Crippen LogP contribution in [-0.2, 0) is 15.0 Å². The largest absolute Gasteiger partial charge is 0.480 e.